The maximum absolute atomic E-state index is 12.2. The number of rotatable bonds is 4. The molecule has 0 radical (unpaired) electrons. The number of halogens is 2. The van der Waals surface area contributed by atoms with Crippen molar-refractivity contribution in [1.29, 1.82) is 0 Å². The molecule has 6 heteroatoms. The zero-order valence-electron chi connectivity index (χ0n) is 12.4. The molecule has 1 heterocycles. The molecule has 1 atom stereocenters. The number of hydrogen-bond donors (Lipinski definition) is 1. The van der Waals surface area contributed by atoms with Gasteiger partial charge in [-0.15, -0.1) is 0 Å². The first kappa shape index (κ1) is 16.8. The molecule has 22 heavy (non-hydrogen) atoms. The fourth-order valence-corrected chi connectivity index (χ4v) is 3.08. The van der Waals surface area contributed by atoms with Crippen molar-refractivity contribution >= 4 is 35.0 Å². The van der Waals surface area contributed by atoms with Crippen molar-refractivity contribution in [1.82, 2.24) is 5.32 Å². The van der Waals surface area contributed by atoms with Gasteiger partial charge in [-0.05, 0) is 38.0 Å². The van der Waals surface area contributed by atoms with Gasteiger partial charge < -0.3 is 10.1 Å². The Kier molecular flexibility index (Phi) is 5.48. The van der Waals surface area contributed by atoms with E-state index in [1.54, 1.807) is 32.0 Å². The first-order chi connectivity index (χ1) is 10.4. The summed E-state index contributed by atoms with van der Waals surface area (Å²) in [6, 6.07) is 5.15. The molecule has 0 amide bonds. The Balaban J connectivity index is 2.18. The number of benzene rings is 1. The van der Waals surface area contributed by atoms with Crippen LogP contribution in [0, 0.1) is 0 Å². The molecular weight excluding hydrogens is 325 g/mol. The zero-order valence-corrected chi connectivity index (χ0v) is 13.9. The quantitative estimate of drug-likeness (QED) is 0.674. The van der Waals surface area contributed by atoms with Crippen molar-refractivity contribution in [3.05, 3.63) is 45.1 Å². The third-order valence-electron chi connectivity index (χ3n) is 3.50. The smallest absolute Gasteiger partial charge is 0.343 e. The van der Waals surface area contributed by atoms with Crippen LogP contribution in [0.1, 0.15) is 25.8 Å². The van der Waals surface area contributed by atoms with Crippen LogP contribution in [0.25, 0.3) is 0 Å². The second-order valence-electron chi connectivity index (χ2n) is 5.09. The van der Waals surface area contributed by atoms with E-state index in [9.17, 15) is 9.59 Å². The average molecular weight is 342 g/mol. The van der Waals surface area contributed by atoms with Gasteiger partial charge in [0.15, 0.2) is 5.78 Å². The first-order valence-corrected chi connectivity index (χ1v) is 7.80. The van der Waals surface area contributed by atoms with Crippen molar-refractivity contribution in [2.75, 3.05) is 6.61 Å². The van der Waals surface area contributed by atoms with Gasteiger partial charge in [-0.1, -0.05) is 29.3 Å². The molecule has 0 aliphatic carbocycles. The number of carbonyl (C=O) groups excluding carboxylic acids is 2. The van der Waals surface area contributed by atoms with Crippen molar-refractivity contribution in [3.8, 4) is 0 Å². The van der Waals surface area contributed by atoms with Crippen molar-refractivity contribution < 1.29 is 14.3 Å². The molecule has 0 saturated heterocycles. The highest BCUT2D eigenvalue weighted by molar-refractivity contribution is 6.36. The molecule has 1 aromatic rings. The van der Waals surface area contributed by atoms with Crippen LogP contribution in [-0.2, 0) is 20.7 Å². The van der Waals surface area contributed by atoms with E-state index in [0.29, 0.717) is 22.2 Å². The summed E-state index contributed by atoms with van der Waals surface area (Å²) >= 11 is 12.3. The van der Waals surface area contributed by atoms with Crippen molar-refractivity contribution in [2.45, 2.75) is 32.7 Å². The second-order valence-corrected chi connectivity index (χ2v) is 5.91. The van der Waals surface area contributed by atoms with Gasteiger partial charge in [0, 0.05) is 28.2 Å². The maximum atomic E-state index is 12.2. The van der Waals surface area contributed by atoms with Gasteiger partial charge in [-0.2, -0.15) is 0 Å². The standard InChI is InChI=1S/C16H17Cl2NO3/c1-3-22-16(21)15-9(2)19-10(8-14(15)20)7-11-12(17)5-4-6-13(11)18/h4-6,10,19H,3,7-8H2,1-2H3. The van der Waals surface area contributed by atoms with Gasteiger partial charge in [0.1, 0.15) is 5.57 Å². The predicted molar refractivity (Wildman–Crippen MR) is 86.0 cm³/mol. The minimum Gasteiger partial charge on any atom is -0.462 e. The number of carbonyl (C=O) groups is 2. The number of ketones is 1. The summed E-state index contributed by atoms with van der Waals surface area (Å²) in [5, 5.41) is 4.32. The monoisotopic (exact) mass is 341 g/mol. The summed E-state index contributed by atoms with van der Waals surface area (Å²) in [7, 11) is 0. The highest BCUT2D eigenvalue weighted by Crippen LogP contribution is 2.28. The Morgan fingerprint density at radius 3 is 2.55 bits per heavy atom. The number of Topliss-reactive ketones (excluding diaryl/α,β-unsaturated/α-hetero) is 1. The molecule has 118 valence electrons. The van der Waals surface area contributed by atoms with E-state index in [2.05, 4.69) is 5.32 Å². The van der Waals surface area contributed by atoms with Crippen molar-refractivity contribution in [2.24, 2.45) is 0 Å². The number of allylic oxidation sites excluding steroid dienone is 1. The summed E-state index contributed by atoms with van der Waals surface area (Å²) < 4.78 is 4.91. The summed E-state index contributed by atoms with van der Waals surface area (Å²) in [5.74, 6) is -0.797. The van der Waals surface area contributed by atoms with Gasteiger partial charge in [-0.3, -0.25) is 4.79 Å². The van der Waals surface area contributed by atoms with Gasteiger partial charge in [0.2, 0.25) is 0 Å². The Morgan fingerprint density at radius 1 is 1.36 bits per heavy atom. The lowest BCUT2D eigenvalue weighted by Crippen LogP contribution is -2.40. The van der Waals surface area contributed by atoms with Gasteiger partial charge >= 0.3 is 5.97 Å². The highest BCUT2D eigenvalue weighted by atomic mass is 35.5. The number of hydrogen-bond acceptors (Lipinski definition) is 4. The van der Waals surface area contributed by atoms with E-state index in [4.69, 9.17) is 27.9 Å². The molecule has 0 spiro atoms. The molecule has 0 bridgehead atoms. The largest absolute Gasteiger partial charge is 0.462 e. The molecule has 1 N–H and O–H groups in total. The van der Waals surface area contributed by atoms with Gasteiger partial charge in [0.05, 0.1) is 6.61 Å². The molecular formula is C16H17Cl2NO3. The Hall–Kier alpha value is -1.52. The zero-order chi connectivity index (χ0) is 16.3. The number of esters is 1. The lowest BCUT2D eigenvalue weighted by Gasteiger charge is -2.27. The highest BCUT2D eigenvalue weighted by Gasteiger charge is 2.31. The van der Waals surface area contributed by atoms with Crippen LogP contribution in [0.4, 0.5) is 0 Å². The fraction of sp³-hybridized carbons (Fsp3) is 0.375. The summed E-state index contributed by atoms with van der Waals surface area (Å²) in [5.41, 5.74) is 1.43. The molecule has 1 aromatic carbocycles. The Bertz CT molecular complexity index is 620. The van der Waals surface area contributed by atoms with E-state index in [-0.39, 0.29) is 30.4 Å². The molecule has 0 aromatic heterocycles. The molecule has 4 nitrogen and oxygen atoms in total. The van der Waals surface area contributed by atoms with Crippen molar-refractivity contribution in [3.63, 3.8) is 0 Å². The van der Waals surface area contributed by atoms with Gasteiger partial charge in [-0.25, -0.2) is 4.79 Å². The van der Waals surface area contributed by atoms with Crippen LogP contribution < -0.4 is 5.32 Å². The van der Waals surface area contributed by atoms with E-state index in [1.807, 2.05) is 0 Å². The molecule has 1 aliphatic rings. The van der Waals surface area contributed by atoms with Crippen LogP contribution in [0.3, 0.4) is 0 Å². The minimum atomic E-state index is -0.577. The maximum Gasteiger partial charge on any atom is 0.343 e. The van der Waals surface area contributed by atoms with Crippen LogP contribution in [0.5, 0.6) is 0 Å². The first-order valence-electron chi connectivity index (χ1n) is 7.04. The molecule has 1 aliphatic heterocycles. The topological polar surface area (TPSA) is 55.4 Å². The number of nitrogens with one attached hydrogen (secondary N) is 1. The SMILES string of the molecule is CCOC(=O)C1=C(C)NC(Cc2c(Cl)cccc2Cl)CC1=O. The van der Waals surface area contributed by atoms with E-state index in [1.165, 1.54) is 0 Å². The van der Waals surface area contributed by atoms with E-state index >= 15 is 0 Å². The minimum absolute atomic E-state index is 0.100. The fourth-order valence-electron chi connectivity index (χ4n) is 2.53. The third-order valence-corrected chi connectivity index (χ3v) is 4.21. The van der Waals surface area contributed by atoms with Crippen LogP contribution in [0.15, 0.2) is 29.5 Å². The molecule has 2 rings (SSSR count). The summed E-state index contributed by atoms with van der Waals surface area (Å²) in [6.07, 6.45) is 0.713. The summed E-state index contributed by atoms with van der Waals surface area (Å²) in [6.45, 7) is 3.64. The molecule has 1 unspecified atom stereocenters. The number of ether oxygens (including phenoxy) is 1. The summed E-state index contributed by atoms with van der Waals surface area (Å²) in [4.78, 5) is 24.0. The third kappa shape index (κ3) is 3.62. The predicted octanol–water partition coefficient (Wildman–Crippen LogP) is 3.30. The normalized spacial score (nSPS) is 18.2. The Labute approximate surface area is 139 Å². The lowest BCUT2D eigenvalue weighted by atomic mass is 9.93. The lowest BCUT2D eigenvalue weighted by molar-refractivity contribution is -0.140. The average Bonchev–Trinajstić information content (AvgIpc) is 2.42. The molecule has 0 saturated carbocycles. The van der Waals surface area contributed by atoms with Crippen LogP contribution >= 0.6 is 23.2 Å². The van der Waals surface area contributed by atoms with Gasteiger partial charge in [0.25, 0.3) is 0 Å². The second kappa shape index (κ2) is 7.16. The Morgan fingerprint density at radius 2 is 2.00 bits per heavy atom. The van der Waals surface area contributed by atoms with E-state index in [0.717, 1.165) is 5.56 Å². The van der Waals surface area contributed by atoms with Crippen LogP contribution in [-0.4, -0.2) is 24.4 Å². The molecule has 0 fully saturated rings. The van der Waals surface area contributed by atoms with Crippen LogP contribution in [0.2, 0.25) is 10.0 Å². The van der Waals surface area contributed by atoms with E-state index < -0.39 is 5.97 Å².